The van der Waals surface area contributed by atoms with Gasteiger partial charge in [0.2, 0.25) is 0 Å². The van der Waals surface area contributed by atoms with Crippen molar-refractivity contribution >= 4 is 0 Å². The molecule has 0 heteroatoms. The van der Waals surface area contributed by atoms with Gasteiger partial charge in [0.15, 0.2) is 0 Å². The van der Waals surface area contributed by atoms with Crippen LogP contribution in [0.3, 0.4) is 0 Å². The van der Waals surface area contributed by atoms with E-state index in [1.807, 2.05) is 24.3 Å². The molecule has 0 saturated heterocycles. The molecule has 0 aromatic rings. The minimum absolute atomic E-state index is 1.13. The highest BCUT2D eigenvalue weighted by atomic mass is 13.9. The fraction of sp³-hybridized carbons (Fsp3) is 0.273. The zero-order valence-electron chi connectivity index (χ0n) is 6.66. The van der Waals surface area contributed by atoms with E-state index in [2.05, 4.69) is 24.3 Å². The van der Waals surface area contributed by atoms with E-state index in [1.165, 1.54) is 12.8 Å². The third kappa shape index (κ3) is 4.38. The van der Waals surface area contributed by atoms with Crippen molar-refractivity contribution in [2.45, 2.75) is 19.3 Å². The summed E-state index contributed by atoms with van der Waals surface area (Å²) in [5.74, 6) is 0. The zero-order valence-corrected chi connectivity index (χ0v) is 6.66. The molecular weight excluding hydrogens is 132 g/mol. The van der Waals surface area contributed by atoms with Crippen LogP contribution in [0.15, 0.2) is 42.5 Å². The lowest BCUT2D eigenvalue weighted by molar-refractivity contribution is 0.867. The third-order valence-corrected chi connectivity index (χ3v) is 1.50. The molecule has 1 radical (unpaired) electrons. The lowest BCUT2D eigenvalue weighted by Gasteiger charge is -1.86. The Labute approximate surface area is 68.6 Å². The Morgan fingerprint density at radius 1 is 0.909 bits per heavy atom. The first kappa shape index (κ1) is 8.06. The summed E-state index contributed by atoms with van der Waals surface area (Å²) in [6, 6.07) is 0. The second-order valence-electron chi connectivity index (χ2n) is 2.47. The molecule has 0 aromatic heterocycles. The largest absolute Gasteiger partial charge is 0.0845 e. The van der Waals surface area contributed by atoms with Crippen LogP contribution in [0.5, 0.6) is 0 Å². The van der Waals surface area contributed by atoms with Crippen LogP contribution in [0, 0.1) is 6.08 Å². The summed E-state index contributed by atoms with van der Waals surface area (Å²) in [7, 11) is 0. The van der Waals surface area contributed by atoms with Crippen molar-refractivity contribution in [2.75, 3.05) is 0 Å². The molecule has 11 heavy (non-hydrogen) atoms. The van der Waals surface area contributed by atoms with E-state index in [-0.39, 0.29) is 0 Å². The predicted molar refractivity (Wildman–Crippen MR) is 49.1 cm³/mol. The van der Waals surface area contributed by atoms with Gasteiger partial charge in [0, 0.05) is 0 Å². The maximum atomic E-state index is 3.10. The summed E-state index contributed by atoms with van der Waals surface area (Å²) in [6.45, 7) is 0. The smallest absolute Gasteiger partial charge is 0.0227 e. The third-order valence-electron chi connectivity index (χ3n) is 1.50. The topological polar surface area (TPSA) is 0 Å². The molecule has 0 heterocycles. The highest BCUT2D eigenvalue weighted by Gasteiger charge is 1.79. The number of rotatable bonds is 0. The van der Waals surface area contributed by atoms with Crippen molar-refractivity contribution in [1.82, 2.24) is 0 Å². The van der Waals surface area contributed by atoms with Crippen LogP contribution in [-0.4, -0.2) is 0 Å². The summed E-state index contributed by atoms with van der Waals surface area (Å²) < 4.78 is 0. The maximum Gasteiger partial charge on any atom is -0.0227 e. The van der Waals surface area contributed by atoms with Crippen LogP contribution in [-0.2, 0) is 0 Å². The van der Waals surface area contributed by atoms with Crippen LogP contribution in [0.4, 0.5) is 0 Å². The monoisotopic (exact) mass is 145 g/mol. The molecule has 1 aliphatic carbocycles. The summed E-state index contributed by atoms with van der Waals surface area (Å²) in [5, 5.41) is 0. The average molecular weight is 145 g/mol. The lowest BCUT2D eigenvalue weighted by atomic mass is 10.2. The van der Waals surface area contributed by atoms with Crippen molar-refractivity contribution in [1.29, 1.82) is 0 Å². The second-order valence-corrected chi connectivity index (χ2v) is 2.47. The van der Waals surface area contributed by atoms with Crippen molar-refractivity contribution in [3.05, 3.63) is 48.6 Å². The highest BCUT2D eigenvalue weighted by molar-refractivity contribution is 5.13. The molecule has 0 unspecified atom stereocenters. The van der Waals surface area contributed by atoms with Gasteiger partial charge in [0.25, 0.3) is 0 Å². The van der Waals surface area contributed by atoms with Crippen molar-refractivity contribution < 1.29 is 0 Å². The van der Waals surface area contributed by atoms with E-state index in [0.29, 0.717) is 0 Å². The molecule has 57 valence electrons. The van der Waals surface area contributed by atoms with Crippen LogP contribution in [0.2, 0.25) is 0 Å². The number of hydrogen-bond acceptors (Lipinski definition) is 0. The summed E-state index contributed by atoms with van der Waals surface area (Å²) in [4.78, 5) is 0. The lowest BCUT2D eigenvalue weighted by Crippen LogP contribution is -1.67. The van der Waals surface area contributed by atoms with Gasteiger partial charge in [-0.05, 0) is 25.3 Å². The fourth-order valence-electron chi connectivity index (χ4n) is 0.903. The Bertz CT molecular complexity index is 170. The van der Waals surface area contributed by atoms with Gasteiger partial charge in [-0.3, -0.25) is 0 Å². The first-order valence-corrected chi connectivity index (χ1v) is 4.06. The van der Waals surface area contributed by atoms with Gasteiger partial charge >= 0.3 is 0 Å². The van der Waals surface area contributed by atoms with E-state index in [0.717, 1.165) is 6.42 Å². The van der Waals surface area contributed by atoms with Gasteiger partial charge in [0.05, 0.1) is 0 Å². The minimum atomic E-state index is 1.13. The molecule has 0 bridgehead atoms. The van der Waals surface area contributed by atoms with Crippen LogP contribution < -0.4 is 0 Å². The van der Waals surface area contributed by atoms with Crippen LogP contribution in [0.25, 0.3) is 0 Å². The van der Waals surface area contributed by atoms with Crippen LogP contribution in [0.1, 0.15) is 19.3 Å². The summed E-state index contributed by atoms with van der Waals surface area (Å²) in [6.07, 6.45) is 21.0. The Kier molecular flexibility index (Phi) is 4.19. The zero-order chi connectivity index (χ0) is 7.78. The van der Waals surface area contributed by atoms with Crippen molar-refractivity contribution in [3.8, 4) is 0 Å². The Morgan fingerprint density at radius 3 is 2.82 bits per heavy atom. The van der Waals surface area contributed by atoms with Crippen molar-refractivity contribution in [3.63, 3.8) is 0 Å². The first-order valence-electron chi connectivity index (χ1n) is 4.06. The van der Waals surface area contributed by atoms with E-state index in [1.54, 1.807) is 0 Å². The Morgan fingerprint density at radius 2 is 1.82 bits per heavy atom. The van der Waals surface area contributed by atoms with Gasteiger partial charge in [-0.2, -0.15) is 0 Å². The molecule has 0 atom stereocenters. The molecule has 1 aliphatic rings. The molecule has 0 saturated carbocycles. The molecule has 0 amide bonds. The first-order chi connectivity index (χ1) is 5.50. The van der Waals surface area contributed by atoms with Gasteiger partial charge in [-0.15, -0.1) is 0 Å². The standard InChI is InChI=1S/C11H13/c1-2-4-6-8-10-11-9-7-5-3-1/h1-6,10H,7,9,11H2/b2-1+,5-3-,6-4-,10-8?. The SMILES string of the molecule is [C]1=C/CCC\C=C/C=C/C=C\1. The van der Waals surface area contributed by atoms with Gasteiger partial charge in [0.1, 0.15) is 0 Å². The van der Waals surface area contributed by atoms with Crippen LogP contribution >= 0.6 is 0 Å². The highest BCUT2D eigenvalue weighted by Crippen LogP contribution is 1.99. The van der Waals surface area contributed by atoms with E-state index >= 15 is 0 Å². The maximum absolute atomic E-state index is 3.10. The molecule has 0 fully saturated rings. The van der Waals surface area contributed by atoms with Gasteiger partial charge in [-0.25, -0.2) is 0 Å². The Hall–Kier alpha value is -1.04. The summed E-state index contributed by atoms with van der Waals surface area (Å²) in [5.41, 5.74) is 0. The summed E-state index contributed by atoms with van der Waals surface area (Å²) >= 11 is 0. The molecule has 0 spiro atoms. The number of hydrogen-bond donors (Lipinski definition) is 0. The predicted octanol–water partition coefficient (Wildman–Crippen LogP) is 3.20. The van der Waals surface area contributed by atoms with Gasteiger partial charge < -0.3 is 0 Å². The molecule has 0 aromatic carbocycles. The van der Waals surface area contributed by atoms with E-state index in [9.17, 15) is 0 Å². The molecule has 1 rings (SSSR count). The molecule has 0 nitrogen and oxygen atoms in total. The van der Waals surface area contributed by atoms with Crippen molar-refractivity contribution in [2.24, 2.45) is 0 Å². The average Bonchev–Trinajstić information content (AvgIpc) is 2.08. The Balaban J connectivity index is 2.47. The van der Waals surface area contributed by atoms with E-state index in [4.69, 9.17) is 0 Å². The molecule has 0 aliphatic heterocycles. The molecular formula is C11H13. The second kappa shape index (κ2) is 5.72. The van der Waals surface area contributed by atoms with E-state index < -0.39 is 0 Å². The quantitative estimate of drug-likeness (QED) is 0.491. The van der Waals surface area contributed by atoms with Gasteiger partial charge in [-0.1, -0.05) is 42.5 Å². The number of allylic oxidation sites excluding steroid dienone is 8. The molecule has 0 N–H and O–H groups in total. The fourth-order valence-corrected chi connectivity index (χ4v) is 0.903. The normalized spacial score (nSPS) is 29.8. The minimum Gasteiger partial charge on any atom is -0.0845 e.